The van der Waals surface area contributed by atoms with Crippen LogP contribution < -0.4 is 6.15 Å². The van der Waals surface area contributed by atoms with Crippen LogP contribution in [0.25, 0.3) is 0 Å². The lowest BCUT2D eigenvalue weighted by atomic mass is 9.46. The van der Waals surface area contributed by atoms with E-state index in [1.807, 2.05) is 0 Å². The number of carbonyl (C=O) groups is 1. The maximum atomic E-state index is 11.9. The number of carbonyl (C=O) groups excluding carboxylic acids is 1. The minimum absolute atomic E-state index is 0. The van der Waals surface area contributed by atoms with Gasteiger partial charge in [0.25, 0.3) is 0 Å². The van der Waals surface area contributed by atoms with Gasteiger partial charge in [-0.05, 0) is 38.0 Å². The fraction of sp³-hybridized carbons (Fsp3) is 0.917. The lowest BCUT2D eigenvalue weighted by Gasteiger charge is -2.57. The Labute approximate surface area is 87.0 Å². The molecule has 0 aromatic rings. The van der Waals surface area contributed by atoms with Crippen molar-refractivity contribution < 1.29 is 4.79 Å². The topological polar surface area (TPSA) is 52.1 Å². The van der Waals surface area contributed by atoms with Crippen LogP contribution in [0.15, 0.2) is 0 Å². The summed E-state index contributed by atoms with van der Waals surface area (Å²) in [5.74, 6) is 1.41. The SMILES string of the molecule is CCCCCC(=O)C12CCC1CC2.N. The number of hydrogen-bond donors (Lipinski definition) is 1. The van der Waals surface area contributed by atoms with Gasteiger partial charge < -0.3 is 6.15 Å². The summed E-state index contributed by atoms with van der Waals surface area (Å²) in [6, 6.07) is 0. The Balaban J connectivity index is 0.000000980. The third-order valence-electron chi connectivity index (χ3n) is 4.22. The van der Waals surface area contributed by atoms with E-state index >= 15 is 0 Å². The Hall–Kier alpha value is -0.370. The smallest absolute Gasteiger partial charge is 0.139 e. The number of unbranched alkanes of at least 4 members (excludes halogenated alkanes) is 2. The van der Waals surface area contributed by atoms with Crippen LogP contribution in [-0.4, -0.2) is 5.78 Å². The fourth-order valence-corrected chi connectivity index (χ4v) is 2.95. The van der Waals surface area contributed by atoms with Gasteiger partial charge in [0.05, 0.1) is 0 Å². The molecule has 0 heterocycles. The molecular formula is C12H23NO. The summed E-state index contributed by atoms with van der Waals surface area (Å²) >= 11 is 0. The van der Waals surface area contributed by atoms with Crippen molar-refractivity contribution in [3.05, 3.63) is 0 Å². The van der Waals surface area contributed by atoms with Gasteiger partial charge in [-0.15, -0.1) is 0 Å². The maximum Gasteiger partial charge on any atom is 0.139 e. The molecule has 2 rings (SSSR count). The Bertz CT molecular complexity index is 204. The van der Waals surface area contributed by atoms with Gasteiger partial charge in [-0.2, -0.15) is 0 Å². The molecule has 0 saturated heterocycles. The predicted octanol–water partition coefficient (Wildman–Crippen LogP) is 3.49. The summed E-state index contributed by atoms with van der Waals surface area (Å²) in [7, 11) is 0. The van der Waals surface area contributed by atoms with Crippen LogP contribution in [0, 0.1) is 11.3 Å². The van der Waals surface area contributed by atoms with E-state index in [-0.39, 0.29) is 11.6 Å². The predicted molar refractivity (Wildman–Crippen MR) is 58.6 cm³/mol. The van der Waals surface area contributed by atoms with Crippen LogP contribution in [-0.2, 0) is 4.79 Å². The van der Waals surface area contributed by atoms with Gasteiger partial charge in [0.15, 0.2) is 0 Å². The van der Waals surface area contributed by atoms with Gasteiger partial charge >= 0.3 is 0 Å². The van der Waals surface area contributed by atoms with E-state index in [2.05, 4.69) is 6.92 Å². The van der Waals surface area contributed by atoms with Crippen LogP contribution >= 0.6 is 0 Å². The first-order valence-corrected chi connectivity index (χ1v) is 5.83. The van der Waals surface area contributed by atoms with Crippen molar-refractivity contribution in [3.63, 3.8) is 0 Å². The first kappa shape index (κ1) is 11.7. The summed E-state index contributed by atoms with van der Waals surface area (Å²) in [4.78, 5) is 11.9. The lowest BCUT2D eigenvalue weighted by Crippen LogP contribution is -2.54. The molecule has 0 atom stereocenters. The van der Waals surface area contributed by atoms with Crippen molar-refractivity contribution in [2.45, 2.75) is 58.3 Å². The number of fused-ring (bicyclic) bond motifs is 1. The molecule has 0 aromatic carbocycles. The molecule has 2 heteroatoms. The van der Waals surface area contributed by atoms with Crippen molar-refractivity contribution in [3.8, 4) is 0 Å². The third kappa shape index (κ3) is 1.60. The number of ketones is 1. The molecule has 2 fully saturated rings. The van der Waals surface area contributed by atoms with Crippen molar-refractivity contribution in [1.29, 1.82) is 0 Å². The van der Waals surface area contributed by atoms with E-state index in [1.165, 1.54) is 38.5 Å². The second-order valence-corrected chi connectivity index (χ2v) is 4.81. The van der Waals surface area contributed by atoms with Crippen LogP contribution in [0.3, 0.4) is 0 Å². The molecule has 0 radical (unpaired) electrons. The van der Waals surface area contributed by atoms with E-state index in [9.17, 15) is 4.79 Å². The van der Waals surface area contributed by atoms with Crippen molar-refractivity contribution >= 4 is 5.78 Å². The second kappa shape index (κ2) is 4.43. The molecule has 3 N–H and O–H groups in total. The fourth-order valence-electron chi connectivity index (χ4n) is 2.95. The summed E-state index contributed by atoms with van der Waals surface area (Å²) in [6.45, 7) is 2.19. The molecular weight excluding hydrogens is 174 g/mol. The van der Waals surface area contributed by atoms with E-state index in [0.29, 0.717) is 5.78 Å². The minimum atomic E-state index is 0. The average Bonchev–Trinajstić information content (AvgIpc) is 2.11. The maximum absolute atomic E-state index is 11.9. The van der Waals surface area contributed by atoms with Crippen molar-refractivity contribution in [2.24, 2.45) is 11.3 Å². The molecule has 82 valence electrons. The Morgan fingerprint density at radius 1 is 1.29 bits per heavy atom. The zero-order valence-electron chi connectivity index (χ0n) is 9.35. The molecule has 2 nitrogen and oxygen atoms in total. The molecule has 14 heavy (non-hydrogen) atoms. The largest absolute Gasteiger partial charge is 0.344 e. The summed E-state index contributed by atoms with van der Waals surface area (Å²) in [5, 5.41) is 0. The van der Waals surface area contributed by atoms with Crippen molar-refractivity contribution in [1.82, 2.24) is 6.15 Å². The van der Waals surface area contributed by atoms with E-state index < -0.39 is 0 Å². The van der Waals surface area contributed by atoms with Gasteiger partial charge in [0.1, 0.15) is 5.78 Å². The van der Waals surface area contributed by atoms with Crippen LogP contribution in [0.4, 0.5) is 0 Å². The Morgan fingerprint density at radius 3 is 2.29 bits per heavy atom. The number of rotatable bonds is 5. The first-order chi connectivity index (χ1) is 6.29. The minimum Gasteiger partial charge on any atom is -0.344 e. The van der Waals surface area contributed by atoms with E-state index in [1.54, 1.807) is 0 Å². The average molecular weight is 197 g/mol. The van der Waals surface area contributed by atoms with Crippen LogP contribution in [0.5, 0.6) is 0 Å². The molecule has 2 aliphatic carbocycles. The number of hydrogen-bond acceptors (Lipinski definition) is 2. The molecule has 2 aliphatic rings. The van der Waals surface area contributed by atoms with Gasteiger partial charge in [-0.1, -0.05) is 19.8 Å². The molecule has 0 bridgehead atoms. The van der Waals surface area contributed by atoms with E-state index in [0.717, 1.165) is 18.8 Å². The summed E-state index contributed by atoms with van der Waals surface area (Å²) in [6.07, 6.45) is 9.54. The highest BCUT2D eigenvalue weighted by Crippen LogP contribution is 2.61. The highest BCUT2D eigenvalue weighted by Gasteiger charge is 2.57. The van der Waals surface area contributed by atoms with Gasteiger partial charge in [0.2, 0.25) is 0 Å². The highest BCUT2D eigenvalue weighted by molar-refractivity contribution is 5.87. The quantitative estimate of drug-likeness (QED) is 0.686. The molecule has 0 amide bonds. The standard InChI is InChI=1S/C12H20O.H3N/c1-2-3-4-5-11(13)12-8-6-10(12)7-9-12;/h10H,2-9H2,1H3;1H3. The lowest BCUT2D eigenvalue weighted by molar-refractivity contribution is -0.154. The van der Waals surface area contributed by atoms with Gasteiger partial charge in [-0.3, -0.25) is 4.79 Å². The Morgan fingerprint density at radius 2 is 1.93 bits per heavy atom. The third-order valence-corrected chi connectivity index (χ3v) is 4.22. The Kier molecular flexibility index (Phi) is 3.71. The molecule has 0 aliphatic heterocycles. The normalized spacial score (nSPS) is 33.4. The van der Waals surface area contributed by atoms with Crippen LogP contribution in [0.2, 0.25) is 0 Å². The summed E-state index contributed by atoms with van der Waals surface area (Å²) < 4.78 is 0. The highest BCUT2D eigenvalue weighted by atomic mass is 16.1. The van der Waals surface area contributed by atoms with Crippen molar-refractivity contribution in [2.75, 3.05) is 0 Å². The van der Waals surface area contributed by atoms with Crippen LogP contribution in [0.1, 0.15) is 58.3 Å². The zero-order valence-corrected chi connectivity index (χ0v) is 9.35. The molecule has 0 unspecified atom stereocenters. The molecule has 0 aromatic heterocycles. The molecule has 2 saturated carbocycles. The zero-order chi connectivity index (χ0) is 9.31. The van der Waals surface area contributed by atoms with Gasteiger partial charge in [-0.25, -0.2) is 0 Å². The number of Topliss-reactive ketones (excluding diaryl/α,β-unsaturated/α-hetero) is 1. The second-order valence-electron chi connectivity index (χ2n) is 4.81. The van der Waals surface area contributed by atoms with Gasteiger partial charge in [0, 0.05) is 11.8 Å². The molecule has 0 spiro atoms. The van der Waals surface area contributed by atoms with E-state index in [4.69, 9.17) is 0 Å². The first-order valence-electron chi connectivity index (χ1n) is 5.83. The monoisotopic (exact) mass is 197 g/mol. The summed E-state index contributed by atoms with van der Waals surface area (Å²) in [5.41, 5.74) is 0.230.